The fraction of sp³-hybridized carbons (Fsp3) is 0.333. The summed E-state index contributed by atoms with van der Waals surface area (Å²) in [4.78, 5) is 16.8. The predicted molar refractivity (Wildman–Crippen MR) is 102 cm³/mol. The average Bonchev–Trinajstić information content (AvgIpc) is 3.41. The number of nitrogens with one attached hydrogen (secondary N) is 2. The maximum Gasteiger partial charge on any atom is 0.220 e. The number of hydrogen-bond acceptors (Lipinski definition) is 10. The first-order valence-corrected chi connectivity index (χ1v) is 8.94. The minimum Gasteiger partial charge on any atom is -0.481 e. The molecular weight excluding hydrogens is 374 g/mol. The van der Waals surface area contributed by atoms with E-state index in [4.69, 9.17) is 20.5 Å². The van der Waals surface area contributed by atoms with Crippen LogP contribution >= 0.6 is 0 Å². The predicted octanol–water partition coefficient (Wildman–Crippen LogP) is 1.40. The van der Waals surface area contributed by atoms with Crippen molar-refractivity contribution in [1.82, 2.24) is 30.1 Å². The van der Waals surface area contributed by atoms with Gasteiger partial charge in [-0.05, 0) is 12.8 Å². The summed E-state index contributed by atoms with van der Waals surface area (Å²) in [5.41, 5.74) is 6.67. The van der Waals surface area contributed by atoms with Gasteiger partial charge < -0.3 is 20.5 Å². The number of aromatic nitrogens is 6. The smallest absolute Gasteiger partial charge is 0.220 e. The minimum atomic E-state index is 0.0611. The molecule has 11 heteroatoms. The van der Waals surface area contributed by atoms with Crippen molar-refractivity contribution >= 4 is 11.6 Å². The van der Waals surface area contributed by atoms with Gasteiger partial charge in [-0.1, -0.05) is 0 Å². The third-order valence-electron chi connectivity index (χ3n) is 4.65. The Labute approximate surface area is 166 Å². The molecule has 3 heterocycles. The van der Waals surface area contributed by atoms with Crippen molar-refractivity contribution in [3.63, 3.8) is 0 Å². The fourth-order valence-corrected chi connectivity index (χ4v) is 2.60. The molecule has 0 unspecified atom stereocenters. The summed E-state index contributed by atoms with van der Waals surface area (Å²) < 4.78 is 11.1. The SMILES string of the molecule is COc1cc(OCC2(CN)CC2)nc(-c2cc(Nc3cnc(C#N)cn3)n[nH]2)n1. The van der Waals surface area contributed by atoms with E-state index >= 15 is 0 Å². The fourth-order valence-electron chi connectivity index (χ4n) is 2.60. The van der Waals surface area contributed by atoms with Crippen molar-refractivity contribution in [1.29, 1.82) is 5.26 Å². The quantitative estimate of drug-likeness (QED) is 0.510. The van der Waals surface area contributed by atoms with Gasteiger partial charge in [0.05, 0.1) is 32.2 Å². The topological polar surface area (TPSA) is 161 Å². The van der Waals surface area contributed by atoms with Crippen LogP contribution < -0.4 is 20.5 Å². The van der Waals surface area contributed by atoms with Crippen molar-refractivity contribution in [2.45, 2.75) is 12.8 Å². The van der Waals surface area contributed by atoms with E-state index in [0.29, 0.717) is 48.1 Å². The standard InChI is InChI=1S/C18H19N9O2/c1-28-15-5-16(29-10-18(9-20)2-3-18)25-17(24-15)12-4-13(27-26-12)23-14-8-21-11(6-19)7-22-14/h4-5,7-8H,2-3,9-10,20H2,1H3,(H2,22,23,26,27). The molecule has 148 valence electrons. The van der Waals surface area contributed by atoms with Gasteiger partial charge in [-0.3, -0.25) is 5.10 Å². The second kappa shape index (κ2) is 7.69. The summed E-state index contributed by atoms with van der Waals surface area (Å²) in [6.45, 7) is 1.10. The van der Waals surface area contributed by atoms with Crippen LogP contribution in [-0.2, 0) is 0 Å². The van der Waals surface area contributed by atoms with Gasteiger partial charge in [0.25, 0.3) is 0 Å². The molecule has 0 amide bonds. The Hall–Kier alpha value is -3.78. The van der Waals surface area contributed by atoms with Crippen LogP contribution in [0.25, 0.3) is 11.5 Å². The molecule has 4 N–H and O–H groups in total. The third-order valence-corrected chi connectivity index (χ3v) is 4.65. The molecule has 0 spiro atoms. The van der Waals surface area contributed by atoms with E-state index in [-0.39, 0.29) is 11.1 Å². The lowest BCUT2D eigenvalue weighted by Crippen LogP contribution is -2.23. The van der Waals surface area contributed by atoms with Crippen molar-refractivity contribution in [2.24, 2.45) is 11.1 Å². The normalized spacial score (nSPS) is 14.1. The van der Waals surface area contributed by atoms with Crippen LogP contribution in [0.4, 0.5) is 11.6 Å². The molecule has 3 aromatic heterocycles. The Kier molecular flexibility index (Phi) is 4.92. The van der Waals surface area contributed by atoms with Gasteiger partial charge in [-0.2, -0.15) is 20.3 Å². The maximum absolute atomic E-state index is 8.78. The number of hydrogen-bond donors (Lipinski definition) is 3. The molecule has 4 rings (SSSR count). The molecule has 0 aliphatic heterocycles. The number of ether oxygens (including phenoxy) is 2. The van der Waals surface area contributed by atoms with Gasteiger partial charge in [0.2, 0.25) is 11.8 Å². The number of nitriles is 1. The van der Waals surface area contributed by atoms with Gasteiger partial charge in [0.1, 0.15) is 17.6 Å². The molecule has 0 aromatic carbocycles. The van der Waals surface area contributed by atoms with Crippen LogP contribution in [0.3, 0.4) is 0 Å². The van der Waals surface area contributed by atoms with Crippen LogP contribution in [0, 0.1) is 16.7 Å². The lowest BCUT2D eigenvalue weighted by molar-refractivity contribution is 0.229. The van der Waals surface area contributed by atoms with Crippen LogP contribution in [0.2, 0.25) is 0 Å². The molecule has 1 aliphatic carbocycles. The first-order valence-electron chi connectivity index (χ1n) is 8.94. The molecule has 1 aliphatic rings. The number of H-pyrrole nitrogens is 1. The van der Waals surface area contributed by atoms with Gasteiger partial charge in [-0.15, -0.1) is 0 Å². The summed E-state index contributed by atoms with van der Waals surface area (Å²) >= 11 is 0. The molecule has 3 aromatic rings. The lowest BCUT2D eigenvalue weighted by atomic mass is 10.1. The monoisotopic (exact) mass is 393 g/mol. The number of rotatable bonds is 8. The molecule has 0 saturated heterocycles. The first-order chi connectivity index (χ1) is 14.1. The van der Waals surface area contributed by atoms with Crippen molar-refractivity contribution in [3.8, 4) is 29.3 Å². The first kappa shape index (κ1) is 18.6. The highest BCUT2D eigenvalue weighted by atomic mass is 16.5. The summed E-state index contributed by atoms with van der Waals surface area (Å²) in [7, 11) is 1.53. The summed E-state index contributed by atoms with van der Waals surface area (Å²) in [5.74, 6) is 2.11. The second-order valence-electron chi connectivity index (χ2n) is 6.76. The highest BCUT2D eigenvalue weighted by Crippen LogP contribution is 2.44. The summed E-state index contributed by atoms with van der Waals surface area (Å²) in [6, 6.07) is 5.28. The Bertz CT molecular complexity index is 1040. The van der Waals surface area contributed by atoms with E-state index in [0.717, 1.165) is 12.8 Å². The van der Waals surface area contributed by atoms with Crippen LogP contribution in [0.15, 0.2) is 24.5 Å². The zero-order valence-corrected chi connectivity index (χ0v) is 15.7. The Morgan fingerprint density at radius 2 is 2.03 bits per heavy atom. The maximum atomic E-state index is 8.78. The average molecular weight is 393 g/mol. The molecule has 1 saturated carbocycles. The van der Waals surface area contributed by atoms with E-state index in [1.54, 1.807) is 12.1 Å². The van der Waals surface area contributed by atoms with Gasteiger partial charge in [0, 0.05) is 18.0 Å². The molecule has 29 heavy (non-hydrogen) atoms. The zero-order chi connectivity index (χ0) is 20.3. The van der Waals surface area contributed by atoms with Crippen LogP contribution in [0.1, 0.15) is 18.5 Å². The van der Waals surface area contributed by atoms with Crippen molar-refractivity contribution < 1.29 is 9.47 Å². The van der Waals surface area contributed by atoms with Crippen molar-refractivity contribution in [2.75, 3.05) is 25.6 Å². The largest absolute Gasteiger partial charge is 0.481 e. The van der Waals surface area contributed by atoms with Gasteiger partial charge in [-0.25, -0.2) is 9.97 Å². The summed E-state index contributed by atoms with van der Waals surface area (Å²) in [6.07, 6.45) is 4.95. The molecule has 0 atom stereocenters. The molecular formula is C18H19N9O2. The second-order valence-corrected chi connectivity index (χ2v) is 6.76. The van der Waals surface area contributed by atoms with E-state index in [9.17, 15) is 0 Å². The van der Waals surface area contributed by atoms with E-state index in [1.165, 1.54) is 19.5 Å². The molecule has 11 nitrogen and oxygen atoms in total. The van der Waals surface area contributed by atoms with E-state index in [1.807, 2.05) is 6.07 Å². The molecule has 0 bridgehead atoms. The zero-order valence-electron chi connectivity index (χ0n) is 15.7. The number of methoxy groups -OCH3 is 1. The molecule has 1 fully saturated rings. The van der Waals surface area contributed by atoms with Crippen LogP contribution in [-0.4, -0.2) is 50.4 Å². The number of anilines is 2. The Morgan fingerprint density at radius 3 is 2.69 bits per heavy atom. The number of nitrogens with two attached hydrogens (primary N) is 1. The van der Waals surface area contributed by atoms with Crippen LogP contribution in [0.5, 0.6) is 11.8 Å². The lowest BCUT2D eigenvalue weighted by Gasteiger charge is -2.14. The van der Waals surface area contributed by atoms with E-state index < -0.39 is 0 Å². The number of aromatic amines is 1. The third kappa shape index (κ3) is 4.22. The minimum absolute atomic E-state index is 0.0611. The Morgan fingerprint density at radius 1 is 1.21 bits per heavy atom. The Balaban J connectivity index is 1.51. The van der Waals surface area contributed by atoms with Gasteiger partial charge >= 0.3 is 0 Å². The van der Waals surface area contributed by atoms with E-state index in [2.05, 4.69) is 35.5 Å². The van der Waals surface area contributed by atoms with Gasteiger partial charge in [0.15, 0.2) is 17.3 Å². The number of nitrogens with zero attached hydrogens (tertiary/aromatic N) is 6. The van der Waals surface area contributed by atoms with Crippen molar-refractivity contribution in [3.05, 3.63) is 30.2 Å². The highest BCUT2D eigenvalue weighted by Gasteiger charge is 2.42. The highest BCUT2D eigenvalue weighted by molar-refractivity contribution is 5.60. The summed E-state index contributed by atoms with van der Waals surface area (Å²) in [5, 5.41) is 18.8. The molecule has 0 radical (unpaired) electrons.